The van der Waals surface area contributed by atoms with E-state index in [1.54, 1.807) is 11.3 Å². The van der Waals surface area contributed by atoms with Crippen molar-refractivity contribution in [1.82, 2.24) is 15.2 Å². The summed E-state index contributed by atoms with van der Waals surface area (Å²) in [4.78, 5) is 20.2. The summed E-state index contributed by atoms with van der Waals surface area (Å²) in [6.45, 7) is 4.71. The fourth-order valence-corrected chi connectivity index (χ4v) is 4.16. The summed E-state index contributed by atoms with van der Waals surface area (Å²) in [5, 5.41) is 4.18. The van der Waals surface area contributed by atoms with Crippen molar-refractivity contribution in [1.29, 1.82) is 0 Å². The molecule has 4 nitrogen and oxygen atoms in total. The van der Waals surface area contributed by atoms with E-state index < -0.39 is 0 Å². The third-order valence-electron chi connectivity index (χ3n) is 4.68. The summed E-state index contributed by atoms with van der Waals surface area (Å²) >= 11 is 1.72. The van der Waals surface area contributed by atoms with E-state index in [9.17, 15) is 4.79 Å². The molecule has 116 valence electrons. The summed E-state index contributed by atoms with van der Waals surface area (Å²) in [7, 11) is 0. The lowest BCUT2D eigenvalue weighted by molar-refractivity contribution is -0.131. The van der Waals surface area contributed by atoms with Crippen molar-refractivity contribution >= 4 is 17.2 Å². The minimum Gasteiger partial charge on any atom is -0.355 e. The molecule has 2 fully saturated rings. The van der Waals surface area contributed by atoms with Crippen molar-refractivity contribution in [3.8, 4) is 0 Å². The number of amides is 1. The van der Waals surface area contributed by atoms with Gasteiger partial charge in [0.25, 0.3) is 0 Å². The Hall–Kier alpha value is -0.940. The maximum atomic E-state index is 12.1. The zero-order chi connectivity index (χ0) is 14.7. The van der Waals surface area contributed by atoms with Crippen LogP contribution in [0.3, 0.4) is 0 Å². The van der Waals surface area contributed by atoms with Crippen LogP contribution in [-0.4, -0.2) is 41.5 Å². The van der Waals surface area contributed by atoms with Crippen LogP contribution in [0.5, 0.6) is 0 Å². The van der Waals surface area contributed by atoms with Crippen molar-refractivity contribution < 1.29 is 4.79 Å². The second-order valence-electron chi connectivity index (χ2n) is 6.35. The number of aromatic nitrogens is 1. The Morgan fingerprint density at radius 2 is 2.14 bits per heavy atom. The standard InChI is InChI=1S/C16H25N3OS/c1-12-9-18-15(21-12)7-8-17-16(20)13-10-19(11-13)14-5-3-2-4-6-14/h9,13-14H,2-8,10-11H2,1H3,(H,17,20). The molecular formula is C16H25N3OS. The molecule has 1 saturated carbocycles. The van der Waals surface area contributed by atoms with Crippen LogP contribution in [0.25, 0.3) is 0 Å². The molecule has 5 heteroatoms. The van der Waals surface area contributed by atoms with Gasteiger partial charge >= 0.3 is 0 Å². The van der Waals surface area contributed by atoms with Gasteiger partial charge in [-0.05, 0) is 19.8 Å². The molecule has 1 saturated heterocycles. The lowest BCUT2D eigenvalue weighted by Gasteiger charge is -2.45. The van der Waals surface area contributed by atoms with E-state index in [1.165, 1.54) is 37.0 Å². The van der Waals surface area contributed by atoms with Crippen molar-refractivity contribution in [2.45, 2.75) is 51.5 Å². The summed E-state index contributed by atoms with van der Waals surface area (Å²) in [6.07, 6.45) is 9.54. The number of carbonyl (C=O) groups excluding carboxylic acids is 1. The Labute approximate surface area is 130 Å². The molecule has 1 aliphatic carbocycles. The van der Waals surface area contributed by atoms with Crippen LogP contribution >= 0.6 is 11.3 Å². The molecule has 1 aromatic rings. The van der Waals surface area contributed by atoms with Gasteiger partial charge < -0.3 is 5.32 Å². The lowest BCUT2D eigenvalue weighted by atomic mass is 9.89. The van der Waals surface area contributed by atoms with Crippen LogP contribution in [-0.2, 0) is 11.2 Å². The van der Waals surface area contributed by atoms with Crippen LogP contribution < -0.4 is 5.32 Å². The molecule has 1 aromatic heterocycles. The molecule has 21 heavy (non-hydrogen) atoms. The molecule has 0 aromatic carbocycles. The highest BCUT2D eigenvalue weighted by Gasteiger charge is 2.36. The van der Waals surface area contributed by atoms with E-state index in [2.05, 4.69) is 22.1 Å². The largest absolute Gasteiger partial charge is 0.355 e. The van der Waals surface area contributed by atoms with Gasteiger partial charge in [-0.2, -0.15) is 0 Å². The van der Waals surface area contributed by atoms with E-state index in [0.717, 1.165) is 30.6 Å². The van der Waals surface area contributed by atoms with Gasteiger partial charge in [0.1, 0.15) is 0 Å². The summed E-state index contributed by atoms with van der Waals surface area (Å²) in [6, 6.07) is 0.751. The number of nitrogens with zero attached hydrogens (tertiary/aromatic N) is 2. The van der Waals surface area contributed by atoms with Crippen LogP contribution in [0.4, 0.5) is 0 Å². The Balaban J connectivity index is 1.33. The van der Waals surface area contributed by atoms with Gasteiger partial charge in [0, 0.05) is 43.2 Å². The van der Waals surface area contributed by atoms with Gasteiger partial charge in [0.05, 0.1) is 10.9 Å². The molecule has 2 aliphatic rings. The Morgan fingerprint density at radius 3 is 2.81 bits per heavy atom. The van der Waals surface area contributed by atoms with E-state index >= 15 is 0 Å². The van der Waals surface area contributed by atoms with E-state index in [0.29, 0.717) is 6.54 Å². The monoisotopic (exact) mass is 307 g/mol. The Kier molecular flexibility index (Phi) is 4.91. The first kappa shape index (κ1) is 15.0. The average molecular weight is 307 g/mol. The van der Waals surface area contributed by atoms with E-state index in [-0.39, 0.29) is 11.8 Å². The number of aryl methyl sites for hydroxylation is 1. The van der Waals surface area contributed by atoms with Gasteiger partial charge in [-0.15, -0.1) is 11.3 Å². The number of hydrogen-bond donors (Lipinski definition) is 1. The summed E-state index contributed by atoms with van der Waals surface area (Å²) < 4.78 is 0. The molecule has 2 heterocycles. The quantitative estimate of drug-likeness (QED) is 0.908. The predicted molar refractivity (Wildman–Crippen MR) is 85.5 cm³/mol. The number of carbonyl (C=O) groups is 1. The molecule has 1 amide bonds. The minimum atomic E-state index is 0.213. The first-order chi connectivity index (χ1) is 10.2. The minimum absolute atomic E-state index is 0.213. The number of likely N-dealkylation sites (tertiary alicyclic amines) is 1. The van der Waals surface area contributed by atoms with Gasteiger partial charge in [-0.3, -0.25) is 9.69 Å². The smallest absolute Gasteiger partial charge is 0.225 e. The highest BCUT2D eigenvalue weighted by molar-refractivity contribution is 7.11. The van der Waals surface area contributed by atoms with Crippen molar-refractivity contribution in [3.63, 3.8) is 0 Å². The van der Waals surface area contributed by atoms with Gasteiger partial charge in [0.2, 0.25) is 5.91 Å². The first-order valence-corrected chi connectivity index (χ1v) is 8.97. The number of hydrogen-bond acceptors (Lipinski definition) is 4. The second kappa shape index (κ2) is 6.88. The van der Waals surface area contributed by atoms with Gasteiger partial charge in [0.15, 0.2) is 0 Å². The van der Waals surface area contributed by atoms with Crippen LogP contribution in [0, 0.1) is 12.8 Å². The van der Waals surface area contributed by atoms with Crippen molar-refractivity contribution in [3.05, 3.63) is 16.1 Å². The number of nitrogens with one attached hydrogen (secondary N) is 1. The van der Waals surface area contributed by atoms with Gasteiger partial charge in [-0.1, -0.05) is 19.3 Å². The molecule has 0 spiro atoms. The molecule has 0 atom stereocenters. The van der Waals surface area contributed by atoms with E-state index in [1.807, 2.05) is 6.20 Å². The summed E-state index contributed by atoms with van der Waals surface area (Å²) in [5.41, 5.74) is 0. The fraction of sp³-hybridized carbons (Fsp3) is 0.750. The molecule has 0 bridgehead atoms. The fourth-order valence-electron chi connectivity index (χ4n) is 3.38. The van der Waals surface area contributed by atoms with Gasteiger partial charge in [-0.25, -0.2) is 4.98 Å². The highest BCUT2D eigenvalue weighted by atomic mass is 32.1. The Bertz CT molecular complexity index is 476. The molecule has 0 unspecified atom stereocenters. The molecule has 1 N–H and O–H groups in total. The number of thiazole rings is 1. The first-order valence-electron chi connectivity index (χ1n) is 8.15. The maximum Gasteiger partial charge on any atom is 0.225 e. The topological polar surface area (TPSA) is 45.2 Å². The molecule has 1 aliphatic heterocycles. The van der Waals surface area contributed by atoms with Crippen LogP contribution in [0.1, 0.15) is 42.0 Å². The SMILES string of the molecule is Cc1cnc(CCNC(=O)C2CN(C3CCCCC3)C2)s1. The molecule has 3 rings (SSSR count). The molecule has 0 radical (unpaired) electrons. The predicted octanol–water partition coefficient (Wildman–Crippen LogP) is 2.37. The maximum absolute atomic E-state index is 12.1. The normalized spacial score (nSPS) is 21.2. The van der Waals surface area contributed by atoms with Crippen LogP contribution in [0.15, 0.2) is 6.20 Å². The van der Waals surface area contributed by atoms with Crippen molar-refractivity contribution in [2.75, 3.05) is 19.6 Å². The number of rotatable bonds is 5. The van der Waals surface area contributed by atoms with Crippen LogP contribution in [0.2, 0.25) is 0 Å². The molecular weight excluding hydrogens is 282 g/mol. The van der Waals surface area contributed by atoms with Crippen molar-refractivity contribution in [2.24, 2.45) is 5.92 Å². The second-order valence-corrected chi connectivity index (χ2v) is 7.67. The average Bonchev–Trinajstić information content (AvgIpc) is 2.84. The zero-order valence-electron chi connectivity index (χ0n) is 12.8. The third kappa shape index (κ3) is 3.83. The lowest BCUT2D eigenvalue weighted by Crippen LogP contribution is -2.57. The highest BCUT2D eigenvalue weighted by Crippen LogP contribution is 2.28. The van der Waals surface area contributed by atoms with E-state index in [4.69, 9.17) is 0 Å². The third-order valence-corrected chi connectivity index (χ3v) is 5.65. The Morgan fingerprint density at radius 1 is 1.38 bits per heavy atom. The summed E-state index contributed by atoms with van der Waals surface area (Å²) in [5.74, 6) is 0.445. The zero-order valence-corrected chi connectivity index (χ0v) is 13.6.